The number of primary sulfonamides is 1. The second kappa shape index (κ2) is 8.47. The van der Waals surface area contributed by atoms with Gasteiger partial charge in [0.05, 0.1) is 10.9 Å². The number of nitrogens with two attached hydrogens (primary N) is 2. The predicted molar refractivity (Wildman–Crippen MR) is 133 cm³/mol. The Hall–Kier alpha value is -3.21. The topological polar surface area (TPSA) is 123 Å². The molecule has 1 aromatic heterocycles. The van der Waals surface area contributed by atoms with Crippen LogP contribution in [-0.2, 0) is 21.2 Å². The fourth-order valence-corrected chi connectivity index (χ4v) is 5.56. The predicted octanol–water partition coefficient (Wildman–Crippen LogP) is 3.18. The molecule has 2 aromatic carbocycles. The lowest BCUT2D eigenvalue weighted by Gasteiger charge is -2.42. The van der Waals surface area contributed by atoms with Gasteiger partial charge in [0.1, 0.15) is 16.5 Å². The summed E-state index contributed by atoms with van der Waals surface area (Å²) in [5.74, 6) is -0.897. The fraction of sp³-hybridized carbons (Fsp3) is 0.250. The number of pyridine rings is 1. The molecule has 0 unspecified atom stereocenters. The van der Waals surface area contributed by atoms with Crippen LogP contribution in [0.2, 0.25) is 5.02 Å². The number of halogens is 2. The van der Waals surface area contributed by atoms with Gasteiger partial charge in [-0.05, 0) is 54.8 Å². The third-order valence-corrected chi connectivity index (χ3v) is 7.77. The van der Waals surface area contributed by atoms with E-state index in [1.165, 1.54) is 12.3 Å². The monoisotopic (exact) mass is 515 g/mol. The summed E-state index contributed by atoms with van der Waals surface area (Å²) < 4.78 is 37.8. The lowest BCUT2D eigenvalue weighted by atomic mass is 9.96. The first kappa shape index (κ1) is 23.5. The van der Waals surface area contributed by atoms with Gasteiger partial charge in [-0.2, -0.15) is 0 Å². The Morgan fingerprint density at radius 1 is 1.17 bits per heavy atom. The van der Waals surface area contributed by atoms with Crippen LogP contribution >= 0.6 is 11.6 Å². The summed E-state index contributed by atoms with van der Waals surface area (Å²) in [5, 5.41) is 5.66. The first-order chi connectivity index (χ1) is 16.5. The molecule has 11 heteroatoms. The van der Waals surface area contributed by atoms with Crippen molar-refractivity contribution in [3.05, 3.63) is 65.1 Å². The molecule has 1 amide bonds. The molecule has 5 rings (SSSR count). The number of benzene rings is 2. The maximum absolute atomic E-state index is 14.3. The zero-order valence-electron chi connectivity index (χ0n) is 18.8. The van der Waals surface area contributed by atoms with Gasteiger partial charge >= 0.3 is 0 Å². The number of carbonyl (C=O) groups is 1. The van der Waals surface area contributed by atoms with E-state index in [0.717, 1.165) is 22.9 Å². The van der Waals surface area contributed by atoms with Crippen molar-refractivity contribution in [2.75, 3.05) is 28.6 Å². The van der Waals surface area contributed by atoms with Gasteiger partial charge in [0.2, 0.25) is 15.9 Å². The van der Waals surface area contributed by atoms with Gasteiger partial charge in [-0.3, -0.25) is 4.79 Å². The van der Waals surface area contributed by atoms with Crippen molar-refractivity contribution in [1.29, 1.82) is 0 Å². The molecule has 0 saturated carbocycles. The van der Waals surface area contributed by atoms with Crippen LogP contribution in [-0.4, -0.2) is 38.4 Å². The number of rotatable bonds is 4. The van der Waals surface area contributed by atoms with Gasteiger partial charge in [-0.25, -0.2) is 22.9 Å². The molecule has 0 bridgehead atoms. The van der Waals surface area contributed by atoms with E-state index in [1.54, 1.807) is 11.0 Å². The minimum atomic E-state index is -4.25. The van der Waals surface area contributed by atoms with E-state index in [-0.39, 0.29) is 17.9 Å². The highest BCUT2D eigenvalue weighted by Gasteiger charge is 2.41. The molecule has 1 atom stereocenters. The Morgan fingerprint density at radius 3 is 2.51 bits per heavy atom. The van der Waals surface area contributed by atoms with Crippen molar-refractivity contribution in [3.63, 3.8) is 0 Å². The standard InChI is InChI=1S/C24H23ClFN5O3S/c1-13-6-15-7-20(26)22(35(28,33)34)9-21(15)31(13)24(32)16-11-30(12-16)17-4-2-14(3-5-17)18-8-23(27)29-10-19(18)25/h2-5,7-10,13,16H,6,11-12H2,1H3,(H2,27,29)(H2,28,33,34)/t13-/m1/s1. The molecule has 1 saturated heterocycles. The normalized spacial score (nSPS) is 17.9. The number of nitrogen functional groups attached to an aromatic ring is 1. The van der Waals surface area contributed by atoms with Crippen LogP contribution in [0.25, 0.3) is 11.1 Å². The van der Waals surface area contributed by atoms with Gasteiger partial charge in [0, 0.05) is 42.3 Å². The average Bonchev–Trinajstić information content (AvgIpc) is 3.08. The quantitative estimate of drug-likeness (QED) is 0.550. The number of nitrogens with zero attached hydrogens (tertiary/aromatic N) is 3. The average molecular weight is 516 g/mol. The molecule has 0 radical (unpaired) electrons. The number of carbonyl (C=O) groups excluding carboxylic acids is 1. The summed E-state index contributed by atoms with van der Waals surface area (Å²) in [6.45, 7) is 2.89. The number of aromatic nitrogens is 1. The minimum Gasteiger partial charge on any atom is -0.384 e. The lowest BCUT2D eigenvalue weighted by Crippen LogP contribution is -2.55. The van der Waals surface area contributed by atoms with E-state index in [4.69, 9.17) is 22.5 Å². The van der Waals surface area contributed by atoms with Crippen LogP contribution in [0.15, 0.2) is 53.6 Å². The first-order valence-corrected chi connectivity index (χ1v) is 12.9. The first-order valence-electron chi connectivity index (χ1n) is 11.0. The van der Waals surface area contributed by atoms with Crippen molar-refractivity contribution < 1.29 is 17.6 Å². The molecule has 4 N–H and O–H groups in total. The third kappa shape index (κ3) is 4.22. The number of fused-ring (bicyclic) bond motifs is 1. The molecular weight excluding hydrogens is 493 g/mol. The van der Waals surface area contributed by atoms with Crippen molar-refractivity contribution in [2.45, 2.75) is 24.3 Å². The Morgan fingerprint density at radius 2 is 1.86 bits per heavy atom. The van der Waals surface area contributed by atoms with E-state index < -0.39 is 20.7 Å². The Labute approximate surface area is 207 Å². The van der Waals surface area contributed by atoms with Crippen LogP contribution in [0.4, 0.5) is 21.6 Å². The van der Waals surface area contributed by atoms with Gasteiger partial charge in [0.25, 0.3) is 0 Å². The zero-order valence-corrected chi connectivity index (χ0v) is 20.4. The highest BCUT2D eigenvalue weighted by molar-refractivity contribution is 7.89. The molecule has 182 valence electrons. The van der Waals surface area contributed by atoms with E-state index in [9.17, 15) is 17.6 Å². The molecule has 1 fully saturated rings. The minimum absolute atomic E-state index is 0.116. The van der Waals surface area contributed by atoms with Gasteiger partial charge in [-0.1, -0.05) is 23.7 Å². The molecular formula is C24H23ClFN5O3S. The van der Waals surface area contributed by atoms with Gasteiger partial charge < -0.3 is 15.5 Å². The van der Waals surface area contributed by atoms with E-state index in [0.29, 0.717) is 41.6 Å². The Balaban J connectivity index is 1.31. The van der Waals surface area contributed by atoms with Crippen LogP contribution in [0.1, 0.15) is 12.5 Å². The molecule has 2 aliphatic rings. The summed E-state index contributed by atoms with van der Waals surface area (Å²) in [5.41, 5.74) is 9.44. The van der Waals surface area contributed by atoms with Crippen LogP contribution in [0.3, 0.4) is 0 Å². The maximum Gasteiger partial charge on any atom is 0.241 e. The Kier molecular flexibility index (Phi) is 5.70. The second-order valence-electron chi connectivity index (χ2n) is 8.96. The maximum atomic E-state index is 14.3. The van der Waals surface area contributed by atoms with Crippen LogP contribution in [0.5, 0.6) is 0 Å². The molecule has 8 nitrogen and oxygen atoms in total. The zero-order chi connectivity index (χ0) is 25.1. The number of amides is 1. The lowest BCUT2D eigenvalue weighted by molar-refractivity contribution is -0.123. The highest BCUT2D eigenvalue weighted by atomic mass is 35.5. The fourth-order valence-electron chi connectivity index (χ4n) is 4.74. The number of hydrogen-bond acceptors (Lipinski definition) is 6. The summed E-state index contributed by atoms with van der Waals surface area (Å²) in [7, 11) is -4.25. The molecule has 0 aliphatic carbocycles. The molecule has 0 spiro atoms. The van der Waals surface area contributed by atoms with E-state index >= 15 is 0 Å². The smallest absolute Gasteiger partial charge is 0.241 e. The Bertz CT molecular complexity index is 1440. The highest BCUT2D eigenvalue weighted by Crippen LogP contribution is 2.38. The molecule has 2 aliphatic heterocycles. The van der Waals surface area contributed by atoms with Crippen LogP contribution < -0.4 is 20.7 Å². The summed E-state index contributed by atoms with van der Waals surface area (Å²) >= 11 is 6.25. The van der Waals surface area contributed by atoms with Crippen molar-refractivity contribution in [3.8, 4) is 11.1 Å². The molecule has 35 heavy (non-hydrogen) atoms. The third-order valence-electron chi connectivity index (χ3n) is 6.54. The van der Waals surface area contributed by atoms with Crippen molar-refractivity contribution in [1.82, 2.24) is 4.98 Å². The molecule has 3 heterocycles. The van der Waals surface area contributed by atoms with Crippen molar-refractivity contribution in [2.24, 2.45) is 11.1 Å². The summed E-state index contributed by atoms with van der Waals surface area (Å²) in [4.78, 5) is 20.4. The molecule has 3 aromatic rings. The SMILES string of the molecule is C[C@@H]1Cc2cc(F)c(S(N)(=O)=O)cc2N1C(=O)C1CN(c2ccc(-c3cc(N)ncc3Cl)cc2)C1. The van der Waals surface area contributed by atoms with E-state index in [2.05, 4.69) is 9.88 Å². The van der Waals surface area contributed by atoms with Gasteiger partial charge in [0.15, 0.2) is 0 Å². The largest absolute Gasteiger partial charge is 0.384 e. The number of sulfonamides is 1. The van der Waals surface area contributed by atoms with Gasteiger partial charge in [-0.15, -0.1) is 0 Å². The van der Waals surface area contributed by atoms with Crippen molar-refractivity contribution >= 4 is 44.7 Å². The summed E-state index contributed by atoms with van der Waals surface area (Å²) in [6, 6.07) is 11.6. The number of hydrogen-bond donors (Lipinski definition) is 2. The van der Waals surface area contributed by atoms with E-state index in [1.807, 2.05) is 31.2 Å². The number of anilines is 3. The second-order valence-corrected chi connectivity index (χ2v) is 10.9. The van der Waals surface area contributed by atoms with Crippen LogP contribution in [0, 0.1) is 11.7 Å². The summed E-state index contributed by atoms with van der Waals surface area (Å²) in [6.07, 6.45) is 1.96.